The van der Waals surface area contributed by atoms with E-state index in [1.165, 1.54) is 11.0 Å². The summed E-state index contributed by atoms with van der Waals surface area (Å²) in [4.78, 5) is 48.5. The van der Waals surface area contributed by atoms with E-state index in [4.69, 9.17) is 4.74 Å². The highest BCUT2D eigenvalue weighted by atomic mass is 19.4. The van der Waals surface area contributed by atoms with Crippen LogP contribution in [0.2, 0.25) is 0 Å². The molecule has 1 aliphatic carbocycles. The van der Waals surface area contributed by atoms with Crippen LogP contribution in [-0.2, 0) is 38.1 Å². The third-order valence-electron chi connectivity index (χ3n) is 7.93. The Morgan fingerprint density at radius 1 is 1.07 bits per heavy atom. The summed E-state index contributed by atoms with van der Waals surface area (Å²) in [6.07, 6.45) is -2.18. The number of carbonyl (C=O) groups is 3. The molecule has 40 heavy (non-hydrogen) atoms. The molecule has 8 nitrogen and oxygen atoms in total. The molecule has 0 bridgehead atoms. The van der Waals surface area contributed by atoms with Crippen LogP contribution in [0.25, 0.3) is 0 Å². The number of halogens is 3. The van der Waals surface area contributed by atoms with Crippen molar-refractivity contribution in [1.82, 2.24) is 20.1 Å². The van der Waals surface area contributed by atoms with Crippen LogP contribution in [0.15, 0.2) is 42.6 Å². The molecule has 1 aromatic heterocycles. The summed E-state index contributed by atoms with van der Waals surface area (Å²) in [5.74, 6) is -1.44. The zero-order valence-electron chi connectivity index (χ0n) is 22.5. The lowest BCUT2D eigenvalue weighted by molar-refractivity contribution is -0.161. The summed E-state index contributed by atoms with van der Waals surface area (Å²) in [7, 11) is 0. The maximum Gasteiger partial charge on any atom is 0.433 e. The number of ether oxygens (including phenoxy) is 1. The maximum absolute atomic E-state index is 14.3. The van der Waals surface area contributed by atoms with E-state index in [0.29, 0.717) is 26.1 Å². The van der Waals surface area contributed by atoms with Gasteiger partial charge >= 0.3 is 6.18 Å². The van der Waals surface area contributed by atoms with Crippen LogP contribution in [-0.4, -0.2) is 70.9 Å². The number of aromatic nitrogens is 1. The fourth-order valence-electron chi connectivity index (χ4n) is 5.99. The number of rotatable bonds is 6. The van der Waals surface area contributed by atoms with Crippen LogP contribution in [0.5, 0.6) is 0 Å². The van der Waals surface area contributed by atoms with Crippen molar-refractivity contribution < 1.29 is 32.3 Å². The van der Waals surface area contributed by atoms with Gasteiger partial charge in [-0.25, -0.2) is 0 Å². The Bertz CT molecular complexity index is 1240. The number of pyridine rings is 1. The summed E-state index contributed by atoms with van der Waals surface area (Å²) >= 11 is 0. The monoisotopic (exact) mass is 558 g/mol. The molecule has 2 saturated heterocycles. The van der Waals surface area contributed by atoms with Gasteiger partial charge < -0.3 is 19.9 Å². The predicted molar refractivity (Wildman–Crippen MR) is 139 cm³/mol. The Hall–Kier alpha value is -3.47. The second-order valence-electron chi connectivity index (χ2n) is 11.1. The van der Waals surface area contributed by atoms with E-state index in [-0.39, 0.29) is 42.8 Å². The normalized spacial score (nSPS) is 22.9. The Morgan fingerprint density at radius 2 is 1.73 bits per heavy atom. The molecule has 214 valence electrons. The first-order chi connectivity index (χ1) is 19.0. The molecule has 5 rings (SSSR count). The van der Waals surface area contributed by atoms with Gasteiger partial charge in [-0.3, -0.25) is 19.4 Å². The molecule has 3 aliphatic rings. The standard InChI is InChI=1S/C29H33F3N4O4/c1-17(2)13-22-26(37)34-24(21-14-18-5-3-4-6-19(18)15-21)27(38)36(22)25(28(39)35-9-11-40-12-10-35)20-7-8-23(33-16-20)29(30,31)32/h3-8,16-17,21-22,24-25H,9-15H2,1-2H3,(H,34,37)/t22-,24?,25-/m1/s1. The van der Waals surface area contributed by atoms with Gasteiger partial charge in [-0.05, 0) is 48.3 Å². The van der Waals surface area contributed by atoms with E-state index in [2.05, 4.69) is 10.3 Å². The van der Waals surface area contributed by atoms with Crippen LogP contribution in [0.3, 0.4) is 0 Å². The minimum atomic E-state index is -4.66. The predicted octanol–water partition coefficient (Wildman–Crippen LogP) is 3.16. The second kappa shape index (κ2) is 11.2. The van der Waals surface area contributed by atoms with Crippen molar-refractivity contribution in [2.45, 2.75) is 57.4 Å². The number of hydrogen-bond acceptors (Lipinski definition) is 5. The first-order valence-electron chi connectivity index (χ1n) is 13.6. The minimum absolute atomic E-state index is 0.00297. The molecule has 2 aromatic rings. The van der Waals surface area contributed by atoms with Crippen molar-refractivity contribution in [2.75, 3.05) is 26.3 Å². The molecular formula is C29H33F3N4O4. The lowest BCUT2D eigenvalue weighted by Gasteiger charge is -2.46. The van der Waals surface area contributed by atoms with Gasteiger partial charge in [0.2, 0.25) is 17.7 Å². The number of fused-ring (bicyclic) bond motifs is 1. The Morgan fingerprint density at radius 3 is 2.27 bits per heavy atom. The van der Waals surface area contributed by atoms with Crippen molar-refractivity contribution in [3.63, 3.8) is 0 Å². The van der Waals surface area contributed by atoms with Crippen molar-refractivity contribution in [1.29, 1.82) is 0 Å². The molecule has 11 heteroatoms. The fourth-order valence-corrected chi connectivity index (χ4v) is 5.99. The lowest BCUT2D eigenvalue weighted by Crippen LogP contribution is -2.67. The van der Waals surface area contributed by atoms with E-state index in [0.717, 1.165) is 23.4 Å². The van der Waals surface area contributed by atoms with Crippen LogP contribution in [0.4, 0.5) is 13.2 Å². The number of nitrogens with zero attached hydrogens (tertiary/aromatic N) is 3. The van der Waals surface area contributed by atoms with Gasteiger partial charge in [0.05, 0.1) is 13.2 Å². The molecule has 0 spiro atoms. The molecular weight excluding hydrogens is 525 g/mol. The SMILES string of the molecule is CC(C)C[C@@H]1C(=O)NC(C2Cc3ccccc3C2)C(=O)N1[C@@H](C(=O)N1CCOCC1)c1ccc(C(F)(F)F)nc1. The fraction of sp³-hybridized carbons (Fsp3) is 0.517. The molecule has 1 unspecified atom stereocenters. The Balaban J connectivity index is 1.56. The van der Waals surface area contributed by atoms with E-state index in [1.807, 2.05) is 38.1 Å². The topological polar surface area (TPSA) is 91.8 Å². The molecule has 3 heterocycles. The van der Waals surface area contributed by atoms with Crippen molar-refractivity contribution >= 4 is 17.7 Å². The third kappa shape index (κ3) is 5.56. The molecule has 2 aliphatic heterocycles. The van der Waals surface area contributed by atoms with Gasteiger partial charge in [0.25, 0.3) is 0 Å². The summed E-state index contributed by atoms with van der Waals surface area (Å²) in [5.41, 5.74) is 1.25. The Kier molecular flexibility index (Phi) is 7.85. The number of benzene rings is 1. The van der Waals surface area contributed by atoms with E-state index in [9.17, 15) is 27.6 Å². The number of hydrogen-bond donors (Lipinski definition) is 1. The first-order valence-corrected chi connectivity index (χ1v) is 13.6. The van der Waals surface area contributed by atoms with Gasteiger partial charge in [-0.1, -0.05) is 44.2 Å². The highest BCUT2D eigenvalue weighted by Gasteiger charge is 2.50. The Labute approximate surface area is 230 Å². The summed E-state index contributed by atoms with van der Waals surface area (Å²) in [6.45, 7) is 4.97. The molecule has 0 saturated carbocycles. The first kappa shape index (κ1) is 28.1. The van der Waals surface area contributed by atoms with Crippen molar-refractivity contribution in [3.8, 4) is 0 Å². The number of amides is 3. The molecule has 1 N–H and O–H groups in total. The zero-order valence-corrected chi connectivity index (χ0v) is 22.5. The summed E-state index contributed by atoms with van der Waals surface area (Å²) in [6, 6.07) is 6.73. The summed E-state index contributed by atoms with van der Waals surface area (Å²) in [5, 5.41) is 2.94. The van der Waals surface area contributed by atoms with E-state index < -0.39 is 41.8 Å². The van der Waals surface area contributed by atoms with Gasteiger partial charge in [0, 0.05) is 24.8 Å². The molecule has 1 aromatic carbocycles. The van der Waals surface area contributed by atoms with Crippen LogP contribution >= 0.6 is 0 Å². The largest absolute Gasteiger partial charge is 0.433 e. The molecule has 3 amide bonds. The number of carbonyl (C=O) groups excluding carboxylic acids is 3. The average molecular weight is 559 g/mol. The third-order valence-corrected chi connectivity index (χ3v) is 7.93. The molecule has 2 fully saturated rings. The molecule has 3 atom stereocenters. The number of nitrogens with one attached hydrogen (secondary N) is 1. The van der Waals surface area contributed by atoms with Gasteiger partial charge in [-0.15, -0.1) is 0 Å². The van der Waals surface area contributed by atoms with E-state index in [1.54, 1.807) is 4.90 Å². The smallest absolute Gasteiger partial charge is 0.378 e. The van der Waals surface area contributed by atoms with Crippen LogP contribution in [0, 0.1) is 11.8 Å². The number of morpholine rings is 1. The zero-order chi connectivity index (χ0) is 28.6. The van der Waals surface area contributed by atoms with E-state index >= 15 is 0 Å². The molecule has 0 radical (unpaired) electrons. The number of piperazine rings is 1. The van der Waals surface area contributed by atoms with Crippen LogP contribution < -0.4 is 5.32 Å². The maximum atomic E-state index is 14.3. The minimum Gasteiger partial charge on any atom is -0.378 e. The van der Waals surface area contributed by atoms with Crippen molar-refractivity contribution in [2.24, 2.45) is 11.8 Å². The highest BCUT2D eigenvalue weighted by Crippen LogP contribution is 2.36. The van der Waals surface area contributed by atoms with Gasteiger partial charge in [0.1, 0.15) is 23.8 Å². The van der Waals surface area contributed by atoms with Gasteiger partial charge in [-0.2, -0.15) is 13.2 Å². The van der Waals surface area contributed by atoms with Gasteiger partial charge in [0.15, 0.2) is 0 Å². The average Bonchev–Trinajstić information content (AvgIpc) is 3.36. The lowest BCUT2D eigenvalue weighted by atomic mass is 9.88. The van der Waals surface area contributed by atoms with Crippen molar-refractivity contribution in [3.05, 3.63) is 65.0 Å². The summed E-state index contributed by atoms with van der Waals surface area (Å²) < 4.78 is 45.3. The highest BCUT2D eigenvalue weighted by molar-refractivity contribution is 6.00. The van der Waals surface area contributed by atoms with Crippen LogP contribution in [0.1, 0.15) is 48.7 Å². The second-order valence-corrected chi connectivity index (χ2v) is 11.1. The number of alkyl halides is 3. The quantitative estimate of drug-likeness (QED) is 0.588.